The lowest BCUT2D eigenvalue weighted by Crippen LogP contribution is -2.27. The number of hydrogen-bond acceptors (Lipinski definition) is 5. The van der Waals surface area contributed by atoms with Crippen LogP contribution in [0.15, 0.2) is 65.1 Å². The minimum absolute atomic E-state index is 0.125. The van der Waals surface area contributed by atoms with E-state index >= 15 is 0 Å². The second-order valence-electron chi connectivity index (χ2n) is 5.85. The highest BCUT2D eigenvalue weighted by molar-refractivity contribution is 8.27. The van der Waals surface area contributed by atoms with E-state index in [0.29, 0.717) is 26.4 Å². The highest BCUT2D eigenvalue weighted by atomic mass is 32.2. The van der Waals surface area contributed by atoms with Gasteiger partial charge in [-0.3, -0.25) is 9.69 Å². The molecule has 0 saturated carbocycles. The maximum Gasteiger partial charge on any atom is 0.270 e. The molecule has 0 radical (unpaired) electrons. The summed E-state index contributed by atoms with van der Waals surface area (Å²) in [5.74, 6) is 1.18. The quantitative estimate of drug-likeness (QED) is 0.566. The Labute approximate surface area is 161 Å². The van der Waals surface area contributed by atoms with Gasteiger partial charge in [0.15, 0.2) is 15.8 Å². The Kier molecular flexibility index (Phi) is 4.53. The zero-order valence-electron chi connectivity index (χ0n) is 14.0. The first-order valence-corrected chi connectivity index (χ1v) is 9.25. The third-order valence-electron chi connectivity index (χ3n) is 3.96. The van der Waals surface area contributed by atoms with Crippen LogP contribution >= 0.6 is 24.0 Å². The van der Waals surface area contributed by atoms with Crippen LogP contribution < -0.4 is 14.4 Å². The Balaban J connectivity index is 1.60. The first kappa shape index (κ1) is 16.9. The number of thiocarbonyl (C=S) groups is 1. The molecular weight excluding hydrogens is 366 g/mol. The summed E-state index contributed by atoms with van der Waals surface area (Å²) >= 11 is 6.73. The highest BCUT2D eigenvalue weighted by Crippen LogP contribution is 2.40. The summed E-state index contributed by atoms with van der Waals surface area (Å²) in [4.78, 5) is 15.0. The molecule has 2 aliphatic rings. The van der Waals surface area contributed by atoms with Crippen LogP contribution in [0.3, 0.4) is 0 Å². The standard InChI is InChI=1S/C20H15NO3S2/c1-13(9-14-5-3-2-4-6-14)10-18-19(22)21(20(25)26-18)15-7-8-16-17(11-15)24-12-23-16/h2-11H,12H2,1H3/b13-9+,18-10-. The van der Waals surface area contributed by atoms with Gasteiger partial charge in [-0.1, -0.05) is 60.4 Å². The van der Waals surface area contributed by atoms with Gasteiger partial charge in [-0.15, -0.1) is 0 Å². The number of carbonyl (C=O) groups is 1. The molecule has 4 nitrogen and oxygen atoms in total. The third-order valence-corrected chi connectivity index (χ3v) is 5.26. The molecule has 2 aromatic rings. The van der Waals surface area contributed by atoms with E-state index in [0.717, 1.165) is 11.1 Å². The van der Waals surface area contributed by atoms with Gasteiger partial charge in [0.25, 0.3) is 5.91 Å². The molecule has 0 bridgehead atoms. The molecule has 0 spiro atoms. The Hall–Kier alpha value is -2.57. The number of ether oxygens (including phenoxy) is 2. The predicted molar refractivity (Wildman–Crippen MR) is 108 cm³/mol. The zero-order valence-corrected chi connectivity index (χ0v) is 15.6. The predicted octanol–water partition coefficient (Wildman–Crippen LogP) is 4.77. The van der Waals surface area contributed by atoms with Gasteiger partial charge in [0.1, 0.15) is 0 Å². The molecule has 2 aliphatic heterocycles. The highest BCUT2D eigenvalue weighted by Gasteiger charge is 2.34. The van der Waals surface area contributed by atoms with Gasteiger partial charge in [0, 0.05) is 6.07 Å². The van der Waals surface area contributed by atoms with Crippen molar-refractivity contribution in [3.63, 3.8) is 0 Å². The molecule has 0 N–H and O–H groups in total. The fraction of sp³-hybridized carbons (Fsp3) is 0.100. The van der Waals surface area contributed by atoms with Crippen molar-refractivity contribution in [1.29, 1.82) is 0 Å². The summed E-state index contributed by atoms with van der Waals surface area (Å²) < 4.78 is 11.2. The number of thioether (sulfide) groups is 1. The van der Waals surface area contributed by atoms with Crippen molar-refractivity contribution in [2.75, 3.05) is 11.7 Å². The van der Waals surface area contributed by atoms with Crippen LogP contribution in [0.5, 0.6) is 11.5 Å². The van der Waals surface area contributed by atoms with Gasteiger partial charge in [0.2, 0.25) is 6.79 Å². The summed E-state index contributed by atoms with van der Waals surface area (Å²) in [6.45, 7) is 2.17. The van der Waals surface area contributed by atoms with E-state index in [4.69, 9.17) is 21.7 Å². The molecular formula is C20H15NO3S2. The summed E-state index contributed by atoms with van der Waals surface area (Å²) in [6, 6.07) is 15.4. The number of fused-ring (bicyclic) bond motifs is 1. The Morgan fingerprint density at radius 1 is 1.15 bits per heavy atom. The number of allylic oxidation sites excluding steroid dienone is 2. The van der Waals surface area contributed by atoms with Crippen molar-refractivity contribution in [2.24, 2.45) is 0 Å². The molecule has 4 rings (SSSR count). The minimum Gasteiger partial charge on any atom is -0.454 e. The van der Waals surface area contributed by atoms with Crippen molar-refractivity contribution in [2.45, 2.75) is 6.92 Å². The van der Waals surface area contributed by atoms with Crippen LogP contribution in [0.25, 0.3) is 6.08 Å². The van der Waals surface area contributed by atoms with Gasteiger partial charge in [-0.25, -0.2) is 0 Å². The number of anilines is 1. The lowest BCUT2D eigenvalue weighted by molar-refractivity contribution is -0.113. The molecule has 130 valence electrons. The second-order valence-corrected chi connectivity index (χ2v) is 7.53. The molecule has 6 heteroatoms. The smallest absolute Gasteiger partial charge is 0.270 e. The summed E-state index contributed by atoms with van der Waals surface area (Å²) in [7, 11) is 0. The third kappa shape index (κ3) is 3.25. The van der Waals surface area contributed by atoms with Gasteiger partial charge < -0.3 is 9.47 Å². The van der Waals surface area contributed by atoms with Gasteiger partial charge in [0.05, 0.1) is 10.6 Å². The van der Waals surface area contributed by atoms with Gasteiger partial charge in [-0.05, 0) is 36.3 Å². The molecule has 1 saturated heterocycles. The van der Waals surface area contributed by atoms with Crippen molar-refractivity contribution >= 4 is 46.0 Å². The lowest BCUT2D eigenvalue weighted by Gasteiger charge is -2.14. The first-order chi connectivity index (χ1) is 12.6. The number of amides is 1. The fourth-order valence-corrected chi connectivity index (χ4v) is 4.12. The SMILES string of the molecule is CC(/C=C1\SC(=S)N(c2ccc3c(c2)OCO3)C1=O)=C\c1ccccc1. The van der Waals surface area contributed by atoms with Crippen LogP contribution in [0.2, 0.25) is 0 Å². The maximum absolute atomic E-state index is 12.9. The Bertz CT molecular complexity index is 951. The molecule has 0 aromatic heterocycles. The van der Waals surface area contributed by atoms with Crippen LogP contribution in [0.1, 0.15) is 12.5 Å². The van der Waals surface area contributed by atoms with Crippen LogP contribution in [0.4, 0.5) is 5.69 Å². The second kappa shape index (κ2) is 6.97. The average molecular weight is 381 g/mol. The number of rotatable bonds is 3. The minimum atomic E-state index is -0.125. The Morgan fingerprint density at radius 2 is 1.92 bits per heavy atom. The molecule has 0 aliphatic carbocycles. The average Bonchev–Trinajstić information content (AvgIpc) is 3.19. The Morgan fingerprint density at radius 3 is 2.73 bits per heavy atom. The van der Waals surface area contributed by atoms with Crippen molar-refractivity contribution in [3.8, 4) is 11.5 Å². The summed E-state index contributed by atoms with van der Waals surface area (Å²) in [5.41, 5.74) is 2.76. The maximum atomic E-state index is 12.9. The van der Waals surface area contributed by atoms with Crippen molar-refractivity contribution in [3.05, 3.63) is 70.6 Å². The molecule has 2 heterocycles. The largest absolute Gasteiger partial charge is 0.454 e. The molecule has 26 heavy (non-hydrogen) atoms. The number of nitrogens with zero attached hydrogens (tertiary/aromatic N) is 1. The van der Waals surface area contributed by atoms with E-state index < -0.39 is 0 Å². The van der Waals surface area contributed by atoms with E-state index in [1.54, 1.807) is 12.1 Å². The van der Waals surface area contributed by atoms with Crippen molar-refractivity contribution < 1.29 is 14.3 Å². The molecule has 0 atom stereocenters. The fourth-order valence-electron chi connectivity index (χ4n) is 2.78. The van der Waals surface area contributed by atoms with Gasteiger partial charge >= 0.3 is 0 Å². The van der Waals surface area contributed by atoms with Gasteiger partial charge in [-0.2, -0.15) is 0 Å². The number of benzene rings is 2. The topological polar surface area (TPSA) is 38.8 Å². The number of hydrogen-bond donors (Lipinski definition) is 0. The lowest BCUT2D eigenvalue weighted by atomic mass is 10.1. The van der Waals surface area contributed by atoms with E-state index in [2.05, 4.69) is 0 Å². The van der Waals surface area contributed by atoms with E-state index in [9.17, 15) is 4.79 Å². The molecule has 2 aromatic carbocycles. The monoisotopic (exact) mass is 381 g/mol. The van der Waals surface area contributed by atoms with Crippen molar-refractivity contribution in [1.82, 2.24) is 0 Å². The molecule has 0 unspecified atom stereocenters. The molecule has 1 fully saturated rings. The first-order valence-electron chi connectivity index (χ1n) is 8.03. The summed E-state index contributed by atoms with van der Waals surface area (Å²) in [5, 5.41) is 0. The normalized spacial score (nSPS) is 18.1. The van der Waals surface area contributed by atoms with Crippen LogP contribution in [-0.4, -0.2) is 17.0 Å². The molecule has 1 amide bonds. The van der Waals surface area contributed by atoms with E-state index in [-0.39, 0.29) is 12.7 Å². The zero-order chi connectivity index (χ0) is 18.1. The van der Waals surface area contributed by atoms with Crippen LogP contribution in [0, 0.1) is 0 Å². The summed E-state index contributed by atoms with van der Waals surface area (Å²) in [6.07, 6.45) is 3.91. The van der Waals surface area contributed by atoms with Crippen LogP contribution in [-0.2, 0) is 4.79 Å². The van der Waals surface area contributed by atoms with E-state index in [1.807, 2.05) is 55.5 Å². The van der Waals surface area contributed by atoms with E-state index in [1.165, 1.54) is 16.7 Å². The number of carbonyl (C=O) groups excluding carboxylic acids is 1.